The van der Waals surface area contributed by atoms with Crippen molar-refractivity contribution < 1.29 is 18.0 Å². The Morgan fingerprint density at radius 2 is 1.90 bits per heavy atom. The summed E-state index contributed by atoms with van der Waals surface area (Å²) in [5, 5.41) is 0.581. The number of sulfonamides is 1. The summed E-state index contributed by atoms with van der Waals surface area (Å²) in [5.41, 5.74) is 5.23. The van der Waals surface area contributed by atoms with Gasteiger partial charge in [-0.3, -0.25) is 9.59 Å². The number of halogens is 2. The van der Waals surface area contributed by atoms with Gasteiger partial charge in [0, 0.05) is 6.54 Å². The van der Waals surface area contributed by atoms with Gasteiger partial charge in [0.05, 0.1) is 15.8 Å². The van der Waals surface area contributed by atoms with E-state index in [-0.39, 0.29) is 16.2 Å². The highest BCUT2D eigenvalue weighted by molar-refractivity contribution is 7.88. The van der Waals surface area contributed by atoms with Crippen LogP contribution >= 0.6 is 23.2 Å². The first-order chi connectivity index (χ1) is 13.7. The number of amides is 2. The molecule has 0 radical (unpaired) electrons. The van der Waals surface area contributed by atoms with Crippen molar-refractivity contribution in [2.45, 2.75) is 57.9 Å². The van der Waals surface area contributed by atoms with Crippen molar-refractivity contribution in [1.29, 1.82) is 0 Å². The van der Waals surface area contributed by atoms with E-state index in [4.69, 9.17) is 28.9 Å². The summed E-state index contributed by atoms with van der Waals surface area (Å²) in [6.45, 7) is 5.76. The fourth-order valence-corrected chi connectivity index (χ4v) is 5.75. The van der Waals surface area contributed by atoms with E-state index in [2.05, 4.69) is 4.72 Å². The molecule has 3 rings (SSSR count). The van der Waals surface area contributed by atoms with E-state index in [0.29, 0.717) is 23.6 Å². The normalized spacial score (nSPS) is 21.6. The van der Waals surface area contributed by atoms with Crippen LogP contribution in [0.1, 0.15) is 45.6 Å². The lowest BCUT2D eigenvalue weighted by atomic mass is 9.86. The van der Waals surface area contributed by atoms with E-state index >= 15 is 0 Å². The molecule has 1 aromatic carbocycles. The van der Waals surface area contributed by atoms with Gasteiger partial charge >= 0.3 is 0 Å². The first-order valence-electron chi connectivity index (χ1n) is 9.77. The maximum Gasteiger partial charge on any atom is 0.241 e. The van der Waals surface area contributed by atoms with E-state index in [0.717, 1.165) is 12.8 Å². The molecule has 166 valence electrons. The van der Waals surface area contributed by atoms with Crippen LogP contribution in [0.5, 0.6) is 0 Å². The third-order valence-electron chi connectivity index (χ3n) is 5.83. The number of primary amides is 1. The number of hydrogen-bond donors (Lipinski definition) is 2. The van der Waals surface area contributed by atoms with Gasteiger partial charge in [-0.15, -0.1) is 0 Å². The van der Waals surface area contributed by atoms with Gasteiger partial charge in [0.15, 0.2) is 0 Å². The maximum absolute atomic E-state index is 13.4. The van der Waals surface area contributed by atoms with Crippen molar-refractivity contribution in [2.75, 3.05) is 6.54 Å². The van der Waals surface area contributed by atoms with Gasteiger partial charge < -0.3 is 10.6 Å². The molecule has 1 spiro atoms. The van der Waals surface area contributed by atoms with Crippen LogP contribution in [0, 0.1) is 10.8 Å². The van der Waals surface area contributed by atoms with Crippen molar-refractivity contribution in [3.05, 3.63) is 33.8 Å². The highest BCUT2D eigenvalue weighted by Gasteiger charge is 2.56. The zero-order valence-electron chi connectivity index (χ0n) is 17.2. The quantitative estimate of drug-likeness (QED) is 0.658. The Balaban J connectivity index is 1.82. The molecule has 0 bridgehead atoms. The fraction of sp³-hybridized carbons (Fsp3) is 0.600. The molecule has 1 aromatic rings. The van der Waals surface area contributed by atoms with Gasteiger partial charge in [-0.25, -0.2) is 13.1 Å². The smallest absolute Gasteiger partial charge is 0.241 e. The molecule has 3 N–H and O–H groups in total. The van der Waals surface area contributed by atoms with Gasteiger partial charge in [-0.05, 0) is 47.8 Å². The first kappa shape index (κ1) is 23.3. The van der Waals surface area contributed by atoms with Crippen LogP contribution in [0.15, 0.2) is 18.2 Å². The SMILES string of the molecule is CC(C)(C)[C@H](NS(=O)(=O)Cc1ccc(Cl)c(Cl)c1)C(=O)N1CC2(CC2)CC1C(N)=O. The summed E-state index contributed by atoms with van der Waals surface area (Å²) in [6, 6.07) is 2.84. The van der Waals surface area contributed by atoms with Gasteiger partial charge in [0.1, 0.15) is 12.1 Å². The maximum atomic E-state index is 13.4. The topological polar surface area (TPSA) is 110 Å². The molecule has 1 aliphatic heterocycles. The number of hydrogen-bond acceptors (Lipinski definition) is 4. The van der Waals surface area contributed by atoms with Crippen LogP contribution in [-0.4, -0.2) is 43.8 Å². The number of carbonyl (C=O) groups excluding carboxylic acids is 2. The second-order valence-electron chi connectivity index (χ2n) is 9.51. The lowest BCUT2D eigenvalue weighted by Gasteiger charge is -2.35. The molecule has 2 amide bonds. The summed E-state index contributed by atoms with van der Waals surface area (Å²) < 4.78 is 28.3. The van der Waals surface area contributed by atoms with Crippen molar-refractivity contribution in [1.82, 2.24) is 9.62 Å². The Labute approximate surface area is 187 Å². The lowest BCUT2D eigenvalue weighted by Crippen LogP contribution is -2.57. The molecular formula is C20H27Cl2N3O4S. The van der Waals surface area contributed by atoms with Crippen LogP contribution in [0.25, 0.3) is 0 Å². The van der Waals surface area contributed by atoms with Crippen LogP contribution in [0.2, 0.25) is 10.0 Å². The molecule has 2 atom stereocenters. The Bertz CT molecular complexity index is 971. The van der Waals surface area contributed by atoms with E-state index in [9.17, 15) is 18.0 Å². The second kappa shape index (κ2) is 7.97. The highest BCUT2D eigenvalue weighted by atomic mass is 35.5. The number of nitrogens with one attached hydrogen (secondary N) is 1. The van der Waals surface area contributed by atoms with Gasteiger partial charge in [-0.1, -0.05) is 50.0 Å². The van der Waals surface area contributed by atoms with Crippen LogP contribution < -0.4 is 10.5 Å². The number of carbonyl (C=O) groups is 2. The average molecular weight is 476 g/mol. The molecule has 30 heavy (non-hydrogen) atoms. The molecule has 10 heteroatoms. The molecule has 1 heterocycles. The zero-order chi connectivity index (χ0) is 22.5. The van der Waals surface area contributed by atoms with E-state index < -0.39 is 39.3 Å². The summed E-state index contributed by atoms with van der Waals surface area (Å²) >= 11 is 11.9. The molecular weight excluding hydrogens is 449 g/mol. The van der Waals surface area contributed by atoms with Crippen molar-refractivity contribution in [3.63, 3.8) is 0 Å². The molecule has 7 nitrogen and oxygen atoms in total. The summed E-state index contributed by atoms with van der Waals surface area (Å²) in [5.74, 6) is -1.33. The van der Waals surface area contributed by atoms with E-state index in [1.807, 2.05) is 0 Å². The van der Waals surface area contributed by atoms with Crippen molar-refractivity contribution in [3.8, 4) is 0 Å². The molecule has 0 aromatic heterocycles. The van der Waals surface area contributed by atoms with Gasteiger partial charge in [0.2, 0.25) is 21.8 Å². The monoisotopic (exact) mass is 475 g/mol. The predicted octanol–water partition coefficient (Wildman–Crippen LogP) is 2.69. The first-order valence-corrected chi connectivity index (χ1v) is 12.2. The lowest BCUT2D eigenvalue weighted by molar-refractivity contribution is -0.140. The minimum atomic E-state index is -3.89. The van der Waals surface area contributed by atoms with Crippen LogP contribution in [-0.2, 0) is 25.4 Å². The molecule has 2 aliphatic rings. The molecule has 1 saturated heterocycles. The molecule has 2 fully saturated rings. The number of benzene rings is 1. The third-order valence-corrected chi connectivity index (χ3v) is 7.88. The predicted molar refractivity (Wildman–Crippen MR) is 116 cm³/mol. The van der Waals surface area contributed by atoms with Crippen LogP contribution in [0.4, 0.5) is 0 Å². The Hall–Kier alpha value is -1.35. The van der Waals surface area contributed by atoms with Crippen molar-refractivity contribution >= 4 is 45.0 Å². The van der Waals surface area contributed by atoms with Gasteiger partial charge in [0.25, 0.3) is 0 Å². The molecule has 1 unspecified atom stereocenters. The third kappa shape index (κ3) is 5.10. The van der Waals surface area contributed by atoms with E-state index in [1.165, 1.54) is 17.0 Å². The molecule has 1 aliphatic carbocycles. The van der Waals surface area contributed by atoms with Crippen molar-refractivity contribution in [2.24, 2.45) is 16.6 Å². The second-order valence-corrected chi connectivity index (χ2v) is 12.1. The zero-order valence-corrected chi connectivity index (χ0v) is 19.6. The number of rotatable bonds is 6. The molecule has 1 saturated carbocycles. The fourth-order valence-electron chi connectivity index (χ4n) is 3.91. The number of nitrogens with zero attached hydrogens (tertiary/aromatic N) is 1. The summed E-state index contributed by atoms with van der Waals surface area (Å²) in [4.78, 5) is 26.8. The number of likely N-dealkylation sites (tertiary alicyclic amines) is 1. The largest absolute Gasteiger partial charge is 0.368 e. The Kier molecular flexibility index (Phi) is 6.19. The average Bonchev–Trinajstić information content (AvgIpc) is 3.24. The minimum absolute atomic E-state index is 0.0449. The highest BCUT2D eigenvalue weighted by Crippen LogP contribution is 2.55. The van der Waals surface area contributed by atoms with Gasteiger partial charge in [-0.2, -0.15) is 0 Å². The Morgan fingerprint density at radius 1 is 1.27 bits per heavy atom. The standard InChI is InChI=1S/C20H27Cl2N3O4S/c1-19(2,3)16(18(27)25-11-20(6-7-20)9-15(25)17(23)26)24-30(28,29)10-12-4-5-13(21)14(22)8-12/h4-5,8,15-16,24H,6-7,9-11H2,1-3H3,(H2,23,26)/t15?,16-/m1/s1. The van der Waals surface area contributed by atoms with Crippen LogP contribution in [0.3, 0.4) is 0 Å². The Morgan fingerprint density at radius 3 is 2.40 bits per heavy atom. The van der Waals surface area contributed by atoms with E-state index in [1.54, 1.807) is 26.8 Å². The summed E-state index contributed by atoms with van der Waals surface area (Å²) in [6.07, 6.45) is 2.44. The number of nitrogens with two attached hydrogens (primary N) is 1. The minimum Gasteiger partial charge on any atom is -0.368 e. The summed E-state index contributed by atoms with van der Waals surface area (Å²) in [7, 11) is -3.89.